The van der Waals surface area contributed by atoms with Crippen molar-refractivity contribution in [1.82, 2.24) is 9.97 Å². The number of nitrogens with one attached hydrogen (secondary N) is 1. The molecule has 0 saturated carbocycles. The summed E-state index contributed by atoms with van der Waals surface area (Å²) in [5, 5.41) is 2.68. The van der Waals surface area contributed by atoms with Crippen LogP contribution in [0.1, 0.15) is 20.8 Å². The van der Waals surface area contributed by atoms with E-state index >= 15 is 0 Å². The number of fused-ring (bicyclic) bond motifs is 1. The molecule has 0 bridgehead atoms. The van der Waals surface area contributed by atoms with E-state index in [1.54, 1.807) is 31.5 Å². The molecule has 1 aromatic carbocycles. The van der Waals surface area contributed by atoms with Gasteiger partial charge >= 0.3 is 0 Å². The number of carbonyl (C=O) groups excluding carboxylic acids is 1. The predicted octanol–water partition coefficient (Wildman–Crippen LogP) is 4.65. The van der Waals surface area contributed by atoms with E-state index in [1.165, 1.54) is 29.6 Å². The molecular formula is C19H13ClN2O3S2. The molecule has 136 valence electrons. The van der Waals surface area contributed by atoms with Crippen LogP contribution in [0.2, 0.25) is 5.02 Å². The van der Waals surface area contributed by atoms with Crippen LogP contribution in [0.5, 0.6) is 0 Å². The van der Waals surface area contributed by atoms with Gasteiger partial charge in [-0.25, -0.2) is 13.4 Å². The summed E-state index contributed by atoms with van der Waals surface area (Å²) in [7, 11) is -3.73. The number of H-pyrrole nitrogens is 1. The molecule has 27 heavy (non-hydrogen) atoms. The smallest absolute Gasteiger partial charge is 0.207 e. The molecule has 4 rings (SSSR count). The fourth-order valence-corrected chi connectivity index (χ4v) is 5.90. The van der Waals surface area contributed by atoms with Gasteiger partial charge in [-0.15, -0.1) is 11.3 Å². The second-order valence-electron chi connectivity index (χ2n) is 5.94. The first kappa shape index (κ1) is 17.9. The first-order chi connectivity index (χ1) is 12.9. The number of sulfone groups is 1. The van der Waals surface area contributed by atoms with Crippen molar-refractivity contribution in [2.24, 2.45) is 0 Å². The summed E-state index contributed by atoms with van der Waals surface area (Å²) in [6.45, 7) is 1.65. The highest BCUT2D eigenvalue weighted by Crippen LogP contribution is 2.33. The molecule has 0 saturated heterocycles. The van der Waals surface area contributed by atoms with Crippen LogP contribution in [-0.2, 0) is 9.84 Å². The Hall–Kier alpha value is -2.48. The highest BCUT2D eigenvalue weighted by Gasteiger charge is 2.26. The minimum atomic E-state index is -3.73. The van der Waals surface area contributed by atoms with E-state index in [1.807, 2.05) is 0 Å². The number of carbonyl (C=O) groups is 1. The minimum absolute atomic E-state index is 0.135. The summed E-state index contributed by atoms with van der Waals surface area (Å²) in [4.78, 5) is 20.8. The number of halogens is 1. The Labute approximate surface area is 164 Å². The maximum absolute atomic E-state index is 13.0. The summed E-state index contributed by atoms with van der Waals surface area (Å²) in [6.07, 6.45) is 3.24. The third kappa shape index (κ3) is 2.97. The summed E-state index contributed by atoms with van der Waals surface area (Å²) in [5.74, 6) is -0.227. The van der Waals surface area contributed by atoms with Crippen molar-refractivity contribution in [2.75, 3.05) is 0 Å². The molecule has 0 aliphatic carbocycles. The van der Waals surface area contributed by atoms with Gasteiger partial charge in [0.05, 0.1) is 20.2 Å². The predicted molar refractivity (Wildman–Crippen MR) is 105 cm³/mol. The molecule has 0 aliphatic heterocycles. The molecule has 0 aliphatic rings. The number of hydrogen-bond donors (Lipinski definition) is 1. The van der Waals surface area contributed by atoms with Gasteiger partial charge in [0.1, 0.15) is 5.65 Å². The lowest BCUT2D eigenvalue weighted by atomic mass is 10.1. The molecule has 3 aromatic heterocycles. The Morgan fingerprint density at radius 1 is 1.19 bits per heavy atom. The largest absolute Gasteiger partial charge is 0.345 e. The second-order valence-corrected chi connectivity index (χ2v) is 9.18. The number of aromatic amines is 1. The summed E-state index contributed by atoms with van der Waals surface area (Å²) >= 11 is 6.97. The zero-order valence-electron chi connectivity index (χ0n) is 14.1. The highest BCUT2D eigenvalue weighted by molar-refractivity contribution is 7.91. The SMILES string of the molecule is Cc1c(S(=O)(=O)c2ccc(Cl)cc2)csc1C(=O)c1c[nH]c2ncccc12. The van der Waals surface area contributed by atoms with Crippen molar-refractivity contribution in [3.63, 3.8) is 0 Å². The van der Waals surface area contributed by atoms with Crippen molar-refractivity contribution in [1.29, 1.82) is 0 Å². The summed E-state index contributed by atoms with van der Waals surface area (Å²) < 4.78 is 25.9. The third-order valence-corrected chi connectivity index (χ3v) is 7.69. The number of thiophene rings is 1. The Bertz CT molecular complexity index is 1270. The number of hydrogen-bond acceptors (Lipinski definition) is 5. The average molecular weight is 417 g/mol. The van der Waals surface area contributed by atoms with Crippen LogP contribution in [-0.4, -0.2) is 24.2 Å². The van der Waals surface area contributed by atoms with Gasteiger partial charge in [0.25, 0.3) is 0 Å². The highest BCUT2D eigenvalue weighted by atomic mass is 35.5. The van der Waals surface area contributed by atoms with E-state index in [9.17, 15) is 13.2 Å². The number of aromatic nitrogens is 2. The lowest BCUT2D eigenvalue weighted by molar-refractivity contribution is 0.104. The molecule has 8 heteroatoms. The Balaban J connectivity index is 1.78. The lowest BCUT2D eigenvalue weighted by Crippen LogP contribution is -2.05. The number of nitrogens with zero attached hydrogens (tertiary/aromatic N) is 1. The molecule has 0 atom stereocenters. The first-order valence-electron chi connectivity index (χ1n) is 7.95. The van der Waals surface area contributed by atoms with Crippen molar-refractivity contribution in [2.45, 2.75) is 16.7 Å². The minimum Gasteiger partial charge on any atom is -0.345 e. The van der Waals surface area contributed by atoms with Gasteiger partial charge in [-0.1, -0.05) is 11.6 Å². The first-order valence-corrected chi connectivity index (χ1v) is 10.7. The molecule has 0 radical (unpaired) electrons. The number of ketones is 1. The average Bonchev–Trinajstić information content (AvgIpc) is 3.25. The van der Waals surface area contributed by atoms with Crippen LogP contribution in [0.15, 0.2) is 64.0 Å². The molecule has 3 heterocycles. The van der Waals surface area contributed by atoms with Crippen LogP contribution in [0.4, 0.5) is 0 Å². The van der Waals surface area contributed by atoms with Gasteiger partial charge in [-0.05, 0) is 48.9 Å². The van der Waals surface area contributed by atoms with E-state index in [0.717, 1.165) is 11.3 Å². The van der Waals surface area contributed by atoms with Crippen molar-refractivity contribution >= 4 is 49.6 Å². The van der Waals surface area contributed by atoms with Crippen molar-refractivity contribution in [3.05, 3.63) is 75.2 Å². The van der Waals surface area contributed by atoms with E-state index in [2.05, 4.69) is 9.97 Å². The molecular weight excluding hydrogens is 404 g/mol. The van der Waals surface area contributed by atoms with Crippen LogP contribution < -0.4 is 0 Å². The molecule has 0 fully saturated rings. The summed E-state index contributed by atoms with van der Waals surface area (Å²) in [5.41, 5.74) is 1.53. The number of pyridine rings is 1. The van der Waals surface area contributed by atoms with E-state index in [0.29, 0.717) is 32.1 Å². The van der Waals surface area contributed by atoms with Crippen LogP contribution in [0.3, 0.4) is 0 Å². The zero-order chi connectivity index (χ0) is 19.2. The van der Waals surface area contributed by atoms with E-state index in [4.69, 9.17) is 11.6 Å². The molecule has 5 nitrogen and oxygen atoms in total. The van der Waals surface area contributed by atoms with Crippen LogP contribution in [0, 0.1) is 6.92 Å². The zero-order valence-corrected chi connectivity index (χ0v) is 16.5. The Morgan fingerprint density at radius 3 is 2.67 bits per heavy atom. The molecule has 4 aromatic rings. The maximum atomic E-state index is 13.0. The van der Waals surface area contributed by atoms with Gasteiger partial charge < -0.3 is 4.98 Å². The molecule has 0 unspecified atom stereocenters. The summed E-state index contributed by atoms with van der Waals surface area (Å²) in [6, 6.07) is 9.54. The number of rotatable bonds is 4. The lowest BCUT2D eigenvalue weighted by Gasteiger charge is -2.05. The molecule has 1 N–H and O–H groups in total. The standard InChI is InChI=1S/C19H13ClN2O3S2/c1-11-16(27(24,25)13-6-4-12(20)5-7-13)10-26-18(11)17(23)15-9-22-19-14(15)3-2-8-21-19/h2-10H,1H3,(H,21,22). The number of benzene rings is 1. The topological polar surface area (TPSA) is 79.9 Å². The third-order valence-electron chi connectivity index (χ3n) is 4.31. The molecule has 0 amide bonds. The van der Waals surface area contributed by atoms with Crippen molar-refractivity contribution < 1.29 is 13.2 Å². The van der Waals surface area contributed by atoms with Crippen LogP contribution >= 0.6 is 22.9 Å². The fraction of sp³-hybridized carbons (Fsp3) is 0.0526. The van der Waals surface area contributed by atoms with Gasteiger partial charge in [-0.3, -0.25) is 4.79 Å². The Morgan fingerprint density at radius 2 is 1.93 bits per heavy atom. The van der Waals surface area contributed by atoms with Gasteiger partial charge in [-0.2, -0.15) is 0 Å². The normalized spacial score (nSPS) is 11.8. The molecule has 0 spiro atoms. The van der Waals surface area contributed by atoms with Crippen LogP contribution in [0.25, 0.3) is 11.0 Å². The van der Waals surface area contributed by atoms with E-state index in [-0.39, 0.29) is 15.6 Å². The van der Waals surface area contributed by atoms with Gasteiger partial charge in [0, 0.05) is 28.2 Å². The Kier molecular flexibility index (Phi) is 4.38. The maximum Gasteiger partial charge on any atom is 0.207 e. The fourth-order valence-electron chi connectivity index (χ4n) is 2.90. The van der Waals surface area contributed by atoms with Crippen molar-refractivity contribution in [3.8, 4) is 0 Å². The van der Waals surface area contributed by atoms with Gasteiger partial charge in [0.15, 0.2) is 0 Å². The second kappa shape index (κ2) is 6.60. The van der Waals surface area contributed by atoms with Gasteiger partial charge in [0.2, 0.25) is 15.6 Å². The quantitative estimate of drug-likeness (QED) is 0.491. The van der Waals surface area contributed by atoms with E-state index < -0.39 is 9.84 Å². The monoisotopic (exact) mass is 416 g/mol.